The fraction of sp³-hybridized carbons (Fsp3) is 0.333. The topological polar surface area (TPSA) is 48.4 Å². The smallest absolute Gasteiger partial charge is 0.339 e. The highest BCUT2D eigenvalue weighted by Crippen LogP contribution is 2.23. The summed E-state index contributed by atoms with van der Waals surface area (Å²) < 4.78 is 34.1. The first-order valence-corrected chi connectivity index (χ1v) is 4.01. The maximum absolute atomic E-state index is 12.5. The summed E-state index contributed by atoms with van der Waals surface area (Å²) >= 11 is 0. The van der Waals surface area contributed by atoms with E-state index in [9.17, 15) is 13.6 Å². The number of carbonyl (C=O) groups is 1. The molecular formula is C9H9F2NO3. The standard InChI is InChI=1S/C9H9F2NO3/c1-14-6-4-3-5(9(13)15-2)7(12-6)8(10)11/h3-4,8H,1-2H3. The SMILES string of the molecule is COC(=O)c1ccc(OC)nc1C(F)F. The Labute approximate surface area is 84.8 Å². The highest BCUT2D eigenvalue weighted by atomic mass is 19.3. The molecule has 0 aliphatic rings. The summed E-state index contributed by atoms with van der Waals surface area (Å²) in [6.45, 7) is 0. The molecule has 0 radical (unpaired) electrons. The fourth-order valence-corrected chi connectivity index (χ4v) is 1.02. The lowest BCUT2D eigenvalue weighted by atomic mass is 10.2. The molecular weight excluding hydrogens is 208 g/mol. The van der Waals surface area contributed by atoms with Gasteiger partial charge in [0.05, 0.1) is 19.8 Å². The molecule has 0 bridgehead atoms. The lowest BCUT2D eigenvalue weighted by Gasteiger charge is -2.07. The molecule has 1 aromatic rings. The number of halogens is 2. The summed E-state index contributed by atoms with van der Waals surface area (Å²) in [7, 11) is 2.41. The van der Waals surface area contributed by atoms with Crippen molar-refractivity contribution >= 4 is 5.97 Å². The third-order valence-electron chi connectivity index (χ3n) is 1.72. The van der Waals surface area contributed by atoms with Crippen molar-refractivity contribution in [2.45, 2.75) is 6.43 Å². The van der Waals surface area contributed by atoms with Gasteiger partial charge < -0.3 is 9.47 Å². The summed E-state index contributed by atoms with van der Waals surface area (Å²) in [6, 6.07) is 2.51. The Hall–Kier alpha value is -1.72. The second-order valence-electron chi connectivity index (χ2n) is 2.58. The van der Waals surface area contributed by atoms with Gasteiger partial charge in [0.2, 0.25) is 5.88 Å². The molecule has 0 saturated carbocycles. The maximum atomic E-state index is 12.5. The zero-order chi connectivity index (χ0) is 11.4. The molecule has 0 fully saturated rings. The minimum absolute atomic E-state index is 0.0259. The van der Waals surface area contributed by atoms with E-state index in [4.69, 9.17) is 0 Å². The number of ether oxygens (including phenoxy) is 2. The van der Waals surface area contributed by atoms with Gasteiger partial charge in [-0.05, 0) is 6.07 Å². The Balaban J connectivity index is 3.21. The van der Waals surface area contributed by atoms with E-state index in [0.29, 0.717) is 0 Å². The van der Waals surface area contributed by atoms with Gasteiger partial charge in [0.25, 0.3) is 6.43 Å². The zero-order valence-corrected chi connectivity index (χ0v) is 8.16. The molecule has 0 aromatic carbocycles. The number of hydrogen-bond acceptors (Lipinski definition) is 4. The van der Waals surface area contributed by atoms with Crippen LogP contribution in [-0.2, 0) is 4.74 Å². The van der Waals surface area contributed by atoms with Crippen LogP contribution >= 0.6 is 0 Å². The van der Waals surface area contributed by atoms with E-state index in [1.54, 1.807) is 0 Å². The van der Waals surface area contributed by atoms with Crippen molar-refractivity contribution in [1.29, 1.82) is 0 Å². The number of rotatable bonds is 3. The van der Waals surface area contributed by atoms with E-state index in [2.05, 4.69) is 14.5 Å². The maximum Gasteiger partial charge on any atom is 0.339 e. The third-order valence-corrected chi connectivity index (χ3v) is 1.72. The Morgan fingerprint density at radius 2 is 2.07 bits per heavy atom. The number of hydrogen-bond donors (Lipinski definition) is 0. The lowest BCUT2D eigenvalue weighted by Crippen LogP contribution is -2.08. The molecule has 0 atom stereocenters. The van der Waals surface area contributed by atoms with E-state index in [1.165, 1.54) is 19.2 Å². The number of esters is 1. The van der Waals surface area contributed by atoms with E-state index in [-0.39, 0.29) is 11.4 Å². The molecule has 0 amide bonds. The van der Waals surface area contributed by atoms with Crippen molar-refractivity contribution in [3.05, 3.63) is 23.4 Å². The first-order valence-electron chi connectivity index (χ1n) is 4.01. The number of alkyl halides is 2. The largest absolute Gasteiger partial charge is 0.481 e. The van der Waals surface area contributed by atoms with Crippen LogP contribution in [0.2, 0.25) is 0 Å². The summed E-state index contributed by atoms with van der Waals surface area (Å²) in [6.07, 6.45) is -2.85. The van der Waals surface area contributed by atoms with Crippen molar-refractivity contribution in [2.75, 3.05) is 14.2 Å². The summed E-state index contributed by atoms with van der Waals surface area (Å²) in [4.78, 5) is 14.6. The zero-order valence-electron chi connectivity index (χ0n) is 8.16. The Morgan fingerprint density at radius 1 is 1.40 bits per heavy atom. The van der Waals surface area contributed by atoms with Gasteiger partial charge in [0.15, 0.2) is 0 Å². The van der Waals surface area contributed by atoms with E-state index >= 15 is 0 Å². The molecule has 1 heterocycles. The Kier molecular flexibility index (Phi) is 3.54. The summed E-state index contributed by atoms with van der Waals surface area (Å²) in [5.74, 6) is -0.821. The monoisotopic (exact) mass is 217 g/mol. The molecule has 1 rings (SSSR count). The highest BCUT2D eigenvalue weighted by Gasteiger charge is 2.21. The summed E-state index contributed by atoms with van der Waals surface area (Å²) in [5, 5.41) is 0. The number of pyridine rings is 1. The van der Waals surface area contributed by atoms with Crippen molar-refractivity contribution < 1.29 is 23.0 Å². The van der Waals surface area contributed by atoms with Crippen molar-refractivity contribution in [3.63, 3.8) is 0 Å². The molecule has 15 heavy (non-hydrogen) atoms. The van der Waals surface area contributed by atoms with Gasteiger partial charge in [0, 0.05) is 6.07 Å². The predicted molar refractivity (Wildman–Crippen MR) is 47.1 cm³/mol. The number of aromatic nitrogens is 1. The van der Waals surface area contributed by atoms with Gasteiger partial charge in [-0.3, -0.25) is 0 Å². The van der Waals surface area contributed by atoms with Crippen molar-refractivity contribution in [2.24, 2.45) is 0 Å². The van der Waals surface area contributed by atoms with E-state index in [0.717, 1.165) is 7.11 Å². The number of methoxy groups -OCH3 is 2. The van der Waals surface area contributed by atoms with Gasteiger partial charge in [-0.2, -0.15) is 0 Å². The van der Waals surface area contributed by atoms with Crippen LogP contribution in [0.25, 0.3) is 0 Å². The predicted octanol–water partition coefficient (Wildman–Crippen LogP) is 1.81. The van der Waals surface area contributed by atoms with Crippen molar-refractivity contribution in [1.82, 2.24) is 4.98 Å². The quantitative estimate of drug-likeness (QED) is 0.724. The first kappa shape index (κ1) is 11.4. The van der Waals surface area contributed by atoms with Crippen LogP contribution in [-0.4, -0.2) is 25.2 Å². The average Bonchev–Trinajstić information content (AvgIpc) is 2.27. The first-order chi connectivity index (χ1) is 7.10. The minimum Gasteiger partial charge on any atom is -0.481 e. The van der Waals surface area contributed by atoms with Gasteiger partial charge in [-0.1, -0.05) is 0 Å². The molecule has 6 heteroatoms. The highest BCUT2D eigenvalue weighted by molar-refractivity contribution is 5.90. The lowest BCUT2D eigenvalue weighted by molar-refractivity contribution is 0.0587. The van der Waals surface area contributed by atoms with E-state index in [1.807, 2.05) is 0 Å². The normalized spacial score (nSPS) is 10.2. The molecule has 0 saturated heterocycles. The number of nitrogens with zero attached hydrogens (tertiary/aromatic N) is 1. The van der Waals surface area contributed by atoms with Gasteiger partial charge in [-0.25, -0.2) is 18.6 Å². The van der Waals surface area contributed by atoms with Crippen LogP contribution in [0.15, 0.2) is 12.1 Å². The molecule has 0 aliphatic carbocycles. The Bertz CT molecular complexity index is 368. The Morgan fingerprint density at radius 3 is 2.53 bits per heavy atom. The van der Waals surface area contributed by atoms with E-state index < -0.39 is 18.1 Å². The van der Waals surface area contributed by atoms with Crippen LogP contribution in [0.1, 0.15) is 22.5 Å². The van der Waals surface area contributed by atoms with Gasteiger partial charge >= 0.3 is 5.97 Å². The van der Waals surface area contributed by atoms with Crippen LogP contribution in [0.4, 0.5) is 8.78 Å². The van der Waals surface area contributed by atoms with Gasteiger partial charge in [-0.15, -0.1) is 0 Å². The molecule has 0 unspecified atom stereocenters. The average molecular weight is 217 g/mol. The van der Waals surface area contributed by atoms with Crippen LogP contribution in [0.3, 0.4) is 0 Å². The molecule has 82 valence electrons. The van der Waals surface area contributed by atoms with Gasteiger partial charge in [0.1, 0.15) is 5.69 Å². The summed E-state index contributed by atoms with van der Waals surface area (Å²) in [5.41, 5.74) is -0.894. The second kappa shape index (κ2) is 4.68. The molecule has 1 aromatic heterocycles. The second-order valence-corrected chi connectivity index (χ2v) is 2.58. The fourth-order valence-electron chi connectivity index (χ4n) is 1.02. The number of carbonyl (C=O) groups excluding carboxylic acids is 1. The third kappa shape index (κ3) is 2.39. The van der Waals surface area contributed by atoms with Crippen molar-refractivity contribution in [3.8, 4) is 5.88 Å². The minimum atomic E-state index is -2.85. The van der Waals surface area contributed by atoms with Crippen LogP contribution in [0, 0.1) is 0 Å². The van der Waals surface area contributed by atoms with Crippen LogP contribution in [0.5, 0.6) is 5.88 Å². The molecule has 0 spiro atoms. The molecule has 0 aliphatic heterocycles. The molecule has 4 nitrogen and oxygen atoms in total. The molecule has 0 N–H and O–H groups in total. The van der Waals surface area contributed by atoms with Crippen LogP contribution < -0.4 is 4.74 Å².